The van der Waals surface area contributed by atoms with E-state index in [1.807, 2.05) is 0 Å². The first-order valence-electron chi connectivity index (χ1n) is 9.27. The van der Waals surface area contributed by atoms with E-state index in [0.717, 1.165) is 17.4 Å². The predicted molar refractivity (Wildman–Crippen MR) is 94.1 cm³/mol. The Bertz CT molecular complexity index is 609. The van der Waals surface area contributed by atoms with Gasteiger partial charge in [0.05, 0.1) is 11.7 Å². The predicted octanol–water partition coefficient (Wildman–Crippen LogP) is 4.84. The number of imidazole rings is 1. The van der Waals surface area contributed by atoms with Gasteiger partial charge in [-0.2, -0.15) is 0 Å². The highest BCUT2D eigenvalue weighted by Gasteiger charge is 2.31. The number of nitrogens with zero attached hydrogens (tertiary/aromatic N) is 1. The zero-order valence-electron chi connectivity index (χ0n) is 13.8. The molecule has 3 nitrogen and oxygen atoms in total. The molecule has 1 aromatic heterocycles. The zero-order chi connectivity index (χ0) is 15.5. The van der Waals surface area contributed by atoms with E-state index >= 15 is 0 Å². The van der Waals surface area contributed by atoms with Crippen LogP contribution in [-0.4, -0.2) is 16.0 Å². The standard InChI is InChI=1S/C20H27N3/c1-3-8-15(9-4-1)18-14-21-20(23-18)19(22-17-12-7-13-17)16-10-5-2-6-11-16/h1,3-4,8-9,14,16-17,19,22H,2,5-7,10-13H2,(H,21,23). The Balaban J connectivity index is 1.56. The van der Waals surface area contributed by atoms with Crippen molar-refractivity contribution in [2.24, 2.45) is 5.92 Å². The van der Waals surface area contributed by atoms with Crippen molar-refractivity contribution in [2.75, 3.05) is 0 Å². The number of aromatic nitrogens is 2. The van der Waals surface area contributed by atoms with Gasteiger partial charge in [-0.1, -0.05) is 56.0 Å². The molecule has 0 amide bonds. The lowest BCUT2D eigenvalue weighted by molar-refractivity contribution is 0.212. The van der Waals surface area contributed by atoms with Gasteiger partial charge in [0.15, 0.2) is 0 Å². The van der Waals surface area contributed by atoms with E-state index in [0.29, 0.717) is 12.1 Å². The minimum atomic E-state index is 0.401. The lowest BCUT2D eigenvalue weighted by atomic mass is 9.82. The van der Waals surface area contributed by atoms with Crippen molar-refractivity contribution in [3.63, 3.8) is 0 Å². The van der Waals surface area contributed by atoms with Crippen LogP contribution in [0.3, 0.4) is 0 Å². The third-order valence-corrected chi connectivity index (χ3v) is 5.60. The van der Waals surface area contributed by atoms with Crippen molar-refractivity contribution in [1.29, 1.82) is 0 Å². The summed E-state index contributed by atoms with van der Waals surface area (Å²) in [4.78, 5) is 8.43. The van der Waals surface area contributed by atoms with Crippen LogP contribution in [0, 0.1) is 5.92 Å². The quantitative estimate of drug-likeness (QED) is 0.829. The second-order valence-electron chi connectivity index (χ2n) is 7.21. The fourth-order valence-corrected chi connectivity index (χ4v) is 3.99. The second-order valence-corrected chi connectivity index (χ2v) is 7.21. The maximum Gasteiger partial charge on any atom is 0.124 e. The molecule has 2 aliphatic carbocycles. The summed E-state index contributed by atoms with van der Waals surface area (Å²) < 4.78 is 0. The van der Waals surface area contributed by atoms with Crippen LogP contribution in [0.5, 0.6) is 0 Å². The highest BCUT2D eigenvalue weighted by Crippen LogP contribution is 2.36. The summed E-state index contributed by atoms with van der Waals surface area (Å²) in [6, 6.07) is 11.6. The third kappa shape index (κ3) is 3.35. The van der Waals surface area contributed by atoms with Gasteiger partial charge in [0.25, 0.3) is 0 Å². The van der Waals surface area contributed by atoms with Crippen molar-refractivity contribution < 1.29 is 0 Å². The molecule has 2 N–H and O–H groups in total. The first-order valence-corrected chi connectivity index (χ1v) is 9.27. The first kappa shape index (κ1) is 14.9. The van der Waals surface area contributed by atoms with Crippen LogP contribution in [0.1, 0.15) is 63.2 Å². The van der Waals surface area contributed by atoms with Crippen molar-refractivity contribution in [1.82, 2.24) is 15.3 Å². The summed E-state index contributed by atoms with van der Waals surface area (Å²) in [5.74, 6) is 1.88. The molecule has 0 bridgehead atoms. The normalized spacial score (nSPS) is 21.0. The molecule has 2 aliphatic rings. The summed E-state index contributed by atoms with van der Waals surface area (Å²) in [5.41, 5.74) is 2.26. The van der Waals surface area contributed by atoms with E-state index in [9.17, 15) is 0 Å². The van der Waals surface area contributed by atoms with Crippen LogP contribution in [0.4, 0.5) is 0 Å². The first-order chi connectivity index (χ1) is 11.4. The number of nitrogens with one attached hydrogen (secondary N) is 2. The topological polar surface area (TPSA) is 40.7 Å². The lowest BCUT2D eigenvalue weighted by Gasteiger charge is -2.36. The summed E-state index contributed by atoms with van der Waals surface area (Å²) >= 11 is 0. The number of aromatic amines is 1. The average Bonchev–Trinajstić information content (AvgIpc) is 3.05. The summed E-state index contributed by atoms with van der Waals surface area (Å²) in [6.45, 7) is 0. The summed E-state index contributed by atoms with van der Waals surface area (Å²) in [5, 5.41) is 3.91. The molecule has 1 unspecified atom stereocenters. The Morgan fingerprint density at radius 2 is 1.74 bits per heavy atom. The maximum atomic E-state index is 4.95. The largest absolute Gasteiger partial charge is 0.347 e. The van der Waals surface area contributed by atoms with Gasteiger partial charge >= 0.3 is 0 Å². The Morgan fingerprint density at radius 1 is 0.957 bits per heavy atom. The number of hydrogen-bond donors (Lipinski definition) is 2. The van der Waals surface area contributed by atoms with Crippen LogP contribution in [0.15, 0.2) is 36.5 Å². The van der Waals surface area contributed by atoms with E-state index in [-0.39, 0.29) is 0 Å². The minimum Gasteiger partial charge on any atom is -0.347 e. The molecule has 23 heavy (non-hydrogen) atoms. The maximum absolute atomic E-state index is 4.95. The molecular weight excluding hydrogens is 282 g/mol. The van der Waals surface area contributed by atoms with Crippen LogP contribution in [-0.2, 0) is 0 Å². The molecule has 2 saturated carbocycles. The molecule has 122 valence electrons. The van der Waals surface area contributed by atoms with Crippen molar-refractivity contribution in [3.05, 3.63) is 42.4 Å². The van der Waals surface area contributed by atoms with Gasteiger partial charge in [-0.3, -0.25) is 0 Å². The second kappa shape index (κ2) is 6.88. The van der Waals surface area contributed by atoms with Gasteiger partial charge < -0.3 is 10.3 Å². The molecule has 1 heterocycles. The van der Waals surface area contributed by atoms with Crippen LogP contribution >= 0.6 is 0 Å². The van der Waals surface area contributed by atoms with Gasteiger partial charge in [0.1, 0.15) is 5.82 Å². The van der Waals surface area contributed by atoms with E-state index < -0.39 is 0 Å². The van der Waals surface area contributed by atoms with E-state index in [2.05, 4.69) is 46.8 Å². The molecular formula is C20H27N3. The number of H-pyrrole nitrogens is 1. The molecule has 2 aromatic rings. The Hall–Kier alpha value is -1.61. The fourth-order valence-electron chi connectivity index (χ4n) is 3.99. The minimum absolute atomic E-state index is 0.401. The summed E-state index contributed by atoms with van der Waals surface area (Å²) in [7, 11) is 0. The molecule has 1 atom stereocenters. The Kier molecular flexibility index (Phi) is 4.47. The molecule has 0 radical (unpaired) electrons. The summed E-state index contributed by atoms with van der Waals surface area (Å²) in [6.07, 6.45) is 12.9. The molecule has 4 rings (SSSR count). The molecule has 0 aliphatic heterocycles. The van der Waals surface area contributed by atoms with Gasteiger partial charge in [0, 0.05) is 17.8 Å². The lowest BCUT2D eigenvalue weighted by Crippen LogP contribution is -2.41. The average molecular weight is 309 g/mol. The number of hydrogen-bond acceptors (Lipinski definition) is 2. The highest BCUT2D eigenvalue weighted by atomic mass is 15.1. The number of rotatable bonds is 5. The molecule has 0 saturated heterocycles. The molecule has 3 heteroatoms. The van der Waals surface area contributed by atoms with Crippen molar-refractivity contribution in [2.45, 2.75) is 63.5 Å². The van der Waals surface area contributed by atoms with Crippen molar-refractivity contribution >= 4 is 0 Å². The van der Waals surface area contributed by atoms with Crippen LogP contribution in [0.25, 0.3) is 11.3 Å². The molecule has 1 aromatic carbocycles. The number of benzene rings is 1. The smallest absolute Gasteiger partial charge is 0.124 e. The van der Waals surface area contributed by atoms with Crippen LogP contribution < -0.4 is 5.32 Å². The van der Waals surface area contributed by atoms with Gasteiger partial charge in [-0.25, -0.2) is 4.98 Å². The van der Waals surface area contributed by atoms with Gasteiger partial charge in [0.2, 0.25) is 0 Å². The Labute approximate surface area is 138 Å². The third-order valence-electron chi connectivity index (χ3n) is 5.60. The van der Waals surface area contributed by atoms with Crippen LogP contribution in [0.2, 0.25) is 0 Å². The molecule has 0 spiro atoms. The fraction of sp³-hybridized carbons (Fsp3) is 0.550. The van der Waals surface area contributed by atoms with E-state index in [4.69, 9.17) is 4.98 Å². The monoisotopic (exact) mass is 309 g/mol. The highest BCUT2D eigenvalue weighted by molar-refractivity contribution is 5.58. The van der Waals surface area contributed by atoms with Gasteiger partial charge in [-0.05, 0) is 31.6 Å². The Morgan fingerprint density at radius 3 is 2.43 bits per heavy atom. The molecule has 2 fully saturated rings. The van der Waals surface area contributed by atoms with E-state index in [1.165, 1.54) is 56.9 Å². The van der Waals surface area contributed by atoms with E-state index in [1.54, 1.807) is 0 Å². The van der Waals surface area contributed by atoms with Crippen molar-refractivity contribution in [3.8, 4) is 11.3 Å². The van der Waals surface area contributed by atoms with Gasteiger partial charge in [-0.15, -0.1) is 0 Å². The zero-order valence-corrected chi connectivity index (χ0v) is 13.8. The SMILES string of the molecule is c1ccc(-c2c[nH]c(C(NC3CCC3)C3CCCCC3)n2)cc1.